The monoisotopic (exact) mass is 240 g/mol. The van der Waals surface area contributed by atoms with Crippen molar-refractivity contribution in [2.75, 3.05) is 32.8 Å². The second-order valence-corrected chi connectivity index (χ2v) is 5.06. The molecule has 0 aliphatic carbocycles. The maximum atomic E-state index is 12.4. The zero-order valence-electron chi connectivity index (χ0n) is 10.8. The highest BCUT2D eigenvalue weighted by molar-refractivity contribution is 5.79. The van der Waals surface area contributed by atoms with Gasteiger partial charge >= 0.3 is 0 Å². The van der Waals surface area contributed by atoms with Crippen LogP contribution in [0.5, 0.6) is 0 Å². The first kappa shape index (κ1) is 12.8. The summed E-state index contributed by atoms with van der Waals surface area (Å²) in [5.41, 5.74) is 0. The summed E-state index contributed by atoms with van der Waals surface area (Å²) in [6, 6.07) is 0.513. The van der Waals surface area contributed by atoms with Gasteiger partial charge in [0.2, 0.25) is 5.91 Å². The predicted octanol–water partition coefficient (Wildman–Crippen LogP) is 1.01. The molecule has 0 saturated carbocycles. The van der Waals surface area contributed by atoms with Crippen LogP contribution in [0.25, 0.3) is 0 Å². The van der Waals surface area contributed by atoms with Crippen molar-refractivity contribution in [1.82, 2.24) is 10.2 Å². The van der Waals surface area contributed by atoms with Gasteiger partial charge in [0.05, 0.1) is 0 Å². The molecule has 2 heterocycles. The molecule has 1 amide bonds. The standard InChI is InChI=1S/C13H24N2O2/c1-2-15(10-12-4-3-7-14-12)13(16)11-5-8-17-9-6-11/h11-12,14H,2-10H2,1H3. The van der Waals surface area contributed by atoms with Crippen LogP contribution in [0.1, 0.15) is 32.6 Å². The van der Waals surface area contributed by atoms with Crippen molar-refractivity contribution in [2.45, 2.75) is 38.6 Å². The Morgan fingerprint density at radius 1 is 1.35 bits per heavy atom. The maximum Gasteiger partial charge on any atom is 0.225 e. The summed E-state index contributed by atoms with van der Waals surface area (Å²) in [6.45, 7) is 6.38. The van der Waals surface area contributed by atoms with Crippen molar-refractivity contribution < 1.29 is 9.53 Å². The van der Waals surface area contributed by atoms with Crippen LogP contribution in [0, 0.1) is 5.92 Å². The molecule has 0 radical (unpaired) electrons. The number of carbonyl (C=O) groups excluding carboxylic acids is 1. The van der Waals surface area contributed by atoms with Crippen LogP contribution >= 0.6 is 0 Å². The van der Waals surface area contributed by atoms with Gasteiger partial charge in [0.25, 0.3) is 0 Å². The van der Waals surface area contributed by atoms with Crippen molar-refractivity contribution in [2.24, 2.45) is 5.92 Å². The SMILES string of the molecule is CCN(CC1CCCN1)C(=O)C1CCOCC1. The third-order valence-electron chi connectivity index (χ3n) is 3.87. The van der Waals surface area contributed by atoms with E-state index in [1.807, 2.05) is 4.90 Å². The second kappa shape index (κ2) is 6.36. The summed E-state index contributed by atoms with van der Waals surface area (Å²) in [6.07, 6.45) is 4.24. The number of hydrogen-bond acceptors (Lipinski definition) is 3. The number of nitrogens with one attached hydrogen (secondary N) is 1. The van der Waals surface area contributed by atoms with Crippen LogP contribution in [0.2, 0.25) is 0 Å². The summed E-state index contributed by atoms with van der Waals surface area (Å²) in [5, 5.41) is 3.46. The van der Waals surface area contributed by atoms with E-state index in [1.54, 1.807) is 0 Å². The van der Waals surface area contributed by atoms with Crippen molar-refractivity contribution in [3.8, 4) is 0 Å². The molecule has 2 aliphatic heterocycles. The van der Waals surface area contributed by atoms with Gasteiger partial charge in [-0.2, -0.15) is 0 Å². The number of hydrogen-bond donors (Lipinski definition) is 1. The first-order valence-electron chi connectivity index (χ1n) is 6.91. The Bertz CT molecular complexity index is 246. The van der Waals surface area contributed by atoms with E-state index < -0.39 is 0 Å². The molecule has 2 rings (SSSR count). The zero-order valence-corrected chi connectivity index (χ0v) is 10.8. The number of ether oxygens (including phenoxy) is 1. The molecule has 4 nitrogen and oxygen atoms in total. The molecule has 2 fully saturated rings. The van der Waals surface area contributed by atoms with Crippen molar-refractivity contribution in [3.63, 3.8) is 0 Å². The first-order valence-corrected chi connectivity index (χ1v) is 6.91. The minimum absolute atomic E-state index is 0.199. The van der Waals surface area contributed by atoms with Gasteiger partial charge in [0.15, 0.2) is 0 Å². The van der Waals surface area contributed by atoms with Crippen LogP contribution in [-0.4, -0.2) is 49.7 Å². The van der Waals surface area contributed by atoms with Crippen LogP contribution < -0.4 is 5.32 Å². The summed E-state index contributed by atoms with van der Waals surface area (Å²) < 4.78 is 5.31. The molecule has 98 valence electrons. The quantitative estimate of drug-likeness (QED) is 0.797. The average molecular weight is 240 g/mol. The number of carbonyl (C=O) groups is 1. The van der Waals surface area contributed by atoms with Gasteiger partial charge in [-0.15, -0.1) is 0 Å². The number of amides is 1. The molecule has 2 aliphatic rings. The van der Waals surface area contributed by atoms with E-state index in [4.69, 9.17) is 4.74 Å². The van der Waals surface area contributed by atoms with Crippen LogP contribution in [0.3, 0.4) is 0 Å². The van der Waals surface area contributed by atoms with Gasteiger partial charge in [0, 0.05) is 38.3 Å². The van der Waals surface area contributed by atoms with Gasteiger partial charge in [-0.05, 0) is 39.2 Å². The molecule has 0 aromatic heterocycles. The van der Waals surface area contributed by atoms with Crippen molar-refractivity contribution >= 4 is 5.91 Å². The van der Waals surface area contributed by atoms with E-state index in [0.717, 1.165) is 45.7 Å². The molecule has 17 heavy (non-hydrogen) atoms. The molecule has 4 heteroatoms. The Kier molecular flexibility index (Phi) is 4.80. The third kappa shape index (κ3) is 3.42. The molecule has 0 aromatic rings. The van der Waals surface area contributed by atoms with Crippen LogP contribution in [-0.2, 0) is 9.53 Å². The fourth-order valence-corrected chi connectivity index (χ4v) is 2.76. The fourth-order valence-electron chi connectivity index (χ4n) is 2.76. The fraction of sp³-hybridized carbons (Fsp3) is 0.923. The summed E-state index contributed by atoms with van der Waals surface area (Å²) in [4.78, 5) is 14.4. The summed E-state index contributed by atoms with van der Waals surface area (Å²) >= 11 is 0. The van der Waals surface area contributed by atoms with Gasteiger partial charge in [0.1, 0.15) is 0 Å². The van der Waals surface area contributed by atoms with Crippen LogP contribution in [0.15, 0.2) is 0 Å². The lowest BCUT2D eigenvalue weighted by Gasteiger charge is -2.30. The number of rotatable bonds is 4. The minimum Gasteiger partial charge on any atom is -0.381 e. The summed E-state index contributed by atoms with van der Waals surface area (Å²) in [7, 11) is 0. The Balaban J connectivity index is 1.84. The van der Waals surface area contributed by atoms with Gasteiger partial charge in [-0.3, -0.25) is 4.79 Å². The molecule has 1 unspecified atom stereocenters. The molecular weight excluding hydrogens is 216 g/mol. The lowest BCUT2D eigenvalue weighted by atomic mass is 9.98. The number of likely N-dealkylation sites (N-methyl/N-ethyl adjacent to an activating group) is 1. The first-order chi connectivity index (χ1) is 8.31. The van der Waals surface area contributed by atoms with E-state index >= 15 is 0 Å². The molecule has 1 atom stereocenters. The van der Waals surface area contributed by atoms with Crippen molar-refractivity contribution in [1.29, 1.82) is 0 Å². The lowest BCUT2D eigenvalue weighted by molar-refractivity contribution is -0.138. The largest absolute Gasteiger partial charge is 0.381 e. The van der Waals surface area contributed by atoms with Crippen molar-refractivity contribution in [3.05, 3.63) is 0 Å². The van der Waals surface area contributed by atoms with Crippen LogP contribution in [0.4, 0.5) is 0 Å². The second-order valence-electron chi connectivity index (χ2n) is 5.06. The average Bonchev–Trinajstić information content (AvgIpc) is 2.89. The smallest absolute Gasteiger partial charge is 0.225 e. The topological polar surface area (TPSA) is 41.6 Å². The molecule has 1 N–H and O–H groups in total. The molecular formula is C13H24N2O2. The predicted molar refractivity (Wildman–Crippen MR) is 66.8 cm³/mol. The van der Waals surface area contributed by atoms with Gasteiger partial charge in [-0.25, -0.2) is 0 Å². The normalized spacial score (nSPS) is 26.1. The maximum absolute atomic E-state index is 12.4. The highest BCUT2D eigenvalue weighted by Crippen LogP contribution is 2.18. The van der Waals surface area contributed by atoms with E-state index in [2.05, 4.69) is 12.2 Å². The van der Waals surface area contributed by atoms with E-state index in [1.165, 1.54) is 12.8 Å². The Morgan fingerprint density at radius 3 is 2.71 bits per heavy atom. The zero-order chi connectivity index (χ0) is 12.1. The minimum atomic E-state index is 0.199. The third-order valence-corrected chi connectivity index (χ3v) is 3.87. The lowest BCUT2D eigenvalue weighted by Crippen LogP contribution is -2.44. The molecule has 2 saturated heterocycles. The summed E-state index contributed by atoms with van der Waals surface area (Å²) in [5.74, 6) is 0.537. The van der Waals surface area contributed by atoms with Gasteiger partial charge in [-0.1, -0.05) is 0 Å². The van der Waals surface area contributed by atoms with E-state index in [9.17, 15) is 4.79 Å². The Labute approximate surface area is 104 Å². The molecule has 0 aromatic carbocycles. The Hall–Kier alpha value is -0.610. The van der Waals surface area contributed by atoms with E-state index in [0.29, 0.717) is 11.9 Å². The number of nitrogens with zero attached hydrogens (tertiary/aromatic N) is 1. The molecule has 0 spiro atoms. The Morgan fingerprint density at radius 2 is 2.12 bits per heavy atom. The highest BCUT2D eigenvalue weighted by atomic mass is 16.5. The highest BCUT2D eigenvalue weighted by Gasteiger charge is 2.27. The molecule has 0 bridgehead atoms. The van der Waals surface area contributed by atoms with E-state index in [-0.39, 0.29) is 5.92 Å². The van der Waals surface area contributed by atoms with Gasteiger partial charge < -0.3 is 15.0 Å².